The molecule has 0 aliphatic carbocycles. The number of aliphatic hydroxyl groups is 1. The van der Waals surface area contributed by atoms with Crippen molar-refractivity contribution in [2.75, 3.05) is 26.9 Å². The minimum atomic E-state index is -0.594. The van der Waals surface area contributed by atoms with Gasteiger partial charge in [-0.3, -0.25) is 0 Å². The maximum Gasteiger partial charge on any atom is 0.119 e. The first-order valence-electron chi connectivity index (χ1n) is 9.08. The van der Waals surface area contributed by atoms with E-state index in [2.05, 4.69) is 5.32 Å². The molecule has 0 radical (unpaired) electrons. The standard InChI is InChI=1S/C21H30N2O3/c1-25-11-6-12-26-19-10-5-9-18(13-19)15-23-16-21(24)20(22)14-17-7-3-2-4-8-17/h2-5,7-10,13,20-21,23-24H,6,11-12,14-16,22H2,1H3/t20-,21+/m0/s1. The van der Waals surface area contributed by atoms with Crippen LogP contribution in [0.5, 0.6) is 5.75 Å². The molecule has 0 bridgehead atoms. The summed E-state index contributed by atoms with van der Waals surface area (Å²) in [6, 6.07) is 17.7. The highest BCUT2D eigenvalue weighted by molar-refractivity contribution is 5.28. The van der Waals surface area contributed by atoms with Gasteiger partial charge in [-0.25, -0.2) is 0 Å². The van der Waals surface area contributed by atoms with E-state index in [-0.39, 0.29) is 6.04 Å². The van der Waals surface area contributed by atoms with Gasteiger partial charge in [-0.05, 0) is 29.7 Å². The molecule has 0 saturated heterocycles. The number of methoxy groups -OCH3 is 1. The van der Waals surface area contributed by atoms with E-state index in [1.807, 2.05) is 54.6 Å². The van der Waals surface area contributed by atoms with Crippen LogP contribution in [0.15, 0.2) is 54.6 Å². The maximum atomic E-state index is 10.3. The SMILES string of the molecule is COCCCOc1cccc(CNC[C@@H](O)[C@@H](N)Cc2ccccc2)c1. The molecule has 0 aliphatic heterocycles. The molecule has 142 valence electrons. The number of benzene rings is 2. The van der Waals surface area contributed by atoms with Crippen molar-refractivity contribution >= 4 is 0 Å². The molecule has 0 fully saturated rings. The first-order valence-corrected chi connectivity index (χ1v) is 9.08. The van der Waals surface area contributed by atoms with Crippen LogP contribution >= 0.6 is 0 Å². The van der Waals surface area contributed by atoms with Gasteiger partial charge in [-0.1, -0.05) is 42.5 Å². The molecule has 0 unspecified atom stereocenters. The van der Waals surface area contributed by atoms with Crippen molar-refractivity contribution in [2.24, 2.45) is 5.73 Å². The number of nitrogens with one attached hydrogen (secondary N) is 1. The minimum absolute atomic E-state index is 0.291. The van der Waals surface area contributed by atoms with Crippen molar-refractivity contribution in [3.05, 3.63) is 65.7 Å². The Morgan fingerprint density at radius 3 is 2.58 bits per heavy atom. The molecular formula is C21H30N2O3. The summed E-state index contributed by atoms with van der Waals surface area (Å²) in [7, 11) is 1.69. The van der Waals surface area contributed by atoms with Crippen molar-refractivity contribution in [3.63, 3.8) is 0 Å². The van der Waals surface area contributed by atoms with Crippen LogP contribution in [0.2, 0.25) is 0 Å². The molecule has 5 heteroatoms. The second kappa shape index (κ2) is 11.6. The molecule has 2 aromatic carbocycles. The van der Waals surface area contributed by atoms with Crippen molar-refractivity contribution in [2.45, 2.75) is 31.5 Å². The smallest absolute Gasteiger partial charge is 0.119 e. The molecule has 0 amide bonds. The lowest BCUT2D eigenvalue weighted by atomic mass is 10.0. The van der Waals surface area contributed by atoms with Crippen molar-refractivity contribution in [3.8, 4) is 5.75 Å². The molecule has 2 rings (SSSR count). The molecule has 0 heterocycles. The van der Waals surface area contributed by atoms with Crippen molar-refractivity contribution < 1.29 is 14.6 Å². The number of nitrogens with two attached hydrogens (primary N) is 1. The summed E-state index contributed by atoms with van der Waals surface area (Å²) < 4.78 is 10.7. The first-order chi connectivity index (χ1) is 12.7. The van der Waals surface area contributed by atoms with Crippen LogP contribution in [0.4, 0.5) is 0 Å². The van der Waals surface area contributed by atoms with E-state index < -0.39 is 6.10 Å². The number of aliphatic hydroxyl groups excluding tert-OH is 1. The van der Waals surface area contributed by atoms with Crippen molar-refractivity contribution in [1.29, 1.82) is 0 Å². The van der Waals surface area contributed by atoms with E-state index in [1.165, 1.54) is 0 Å². The summed E-state index contributed by atoms with van der Waals surface area (Å²) in [5.41, 5.74) is 8.36. The second-order valence-corrected chi connectivity index (χ2v) is 6.39. The Labute approximate surface area is 156 Å². The van der Waals surface area contributed by atoms with Crippen LogP contribution in [-0.4, -0.2) is 44.1 Å². The van der Waals surface area contributed by atoms with Gasteiger partial charge in [0.05, 0.1) is 12.7 Å². The molecule has 0 aliphatic rings. The van der Waals surface area contributed by atoms with Gasteiger partial charge in [0.2, 0.25) is 0 Å². The summed E-state index contributed by atoms with van der Waals surface area (Å²) >= 11 is 0. The maximum absolute atomic E-state index is 10.3. The fourth-order valence-corrected chi connectivity index (χ4v) is 2.68. The Hall–Kier alpha value is -1.92. The van der Waals surface area contributed by atoms with Crippen LogP contribution in [0, 0.1) is 0 Å². The number of rotatable bonds is 12. The summed E-state index contributed by atoms with van der Waals surface area (Å²) in [4.78, 5) is 0. The van der Waals surface area contributed by atoms with Crippen molar-refractivity contribution in [1.82, 2.24) is 5.32 Å². The second-order valence-electron chi connectivity index (χ2n) is 6.39. The highest BCUT2D eigenvalue weighted by atomic mass is 16.5. The predicted octanol–water partition coefficient (Wildman–Crippen LogP) is 2.12. The molecule has 2 aromatic rings. The Balaban J connectivity index is 1.71. The van der Waals surface area contributed by atoms with Crippen LogP contribution in [0.1, 0.15) is 17.5 Å². The summed E-state index contributed by atoms with van der Waals surface area (Å²) in [5.74, 6) is 0.849. The third-order valence-corrected chi connectivity index (χ3v) is 4.15. The Morgan fingerprint density at radius 1 is 1.04 bits per heavy atom. The van der Waals surface area contributed by atoms with Crippen LogP contribution < -0.4 is 15.8 Å². The lowest BCUT2D eigenvalue weighted by Gasteiger charge is -2.19. The lowest BCUT2D eigenvalue weighted by molar-refractivity contribution is 0.141. The molecule has 26 heavy (non-hydrogen) atoms. The lowest BCUT2D eigenvalue weighted by Crippen LogP contribution is -2.42. The number of hydrogen-bond acceptors (Lipinski definition) is 5. The van der Waals surface area contributed by atoms with E-state index in [1.54, 1.807) is 7.11 Å². The van der Waals surface area contributed by atoms with E-state index in [0.717, 1.165) is 23.3 Å². The first kappa shape index (κ1) is 20.4. The van der Waals surface area contributed by atoms with E-state index in [0.29, 0.717) is 32.7 Å². The zero-order chi connectivity index (χ0) is 18.6. The Morgan fingerprint density at radius 2 is 1.81 bits per heavy atom. The van der Waals surface area contributed by atoms with Crippen LogP contribution in [-0.2, 0) is 17.7 Å². The number of ether oxygens (including phenoxy) is 2. The fraction of sp³-hybridized carbons (Fsp3) is 0.429. The normalized spacial score (nSPS) is 13.3. The fourth-order valence-electron chi connectivity index (χ4n) is 2.68. The average molecular weight is 358 g/mol. The van der Waals surface area contributed by atoms with Gasteiger partial charge >= 0.3 is 0 Å². The summed E-state index contributed by atoms with van der Waals surface area (Å²) in [6.07, 6.45) is 0.933. The van der Waals surface area contributed by atoms with Gasteiger partial charge in [0.25, 0.3) is 0 Å². The monoisotopic (exact) mass is 358 g/mol. The van der Waals surface area contributed by atoms with Gasteiger partial charge < -0.3 is 25.6 Å². The topological polar surface area (TPSA) is 76.7 Å². The average Bonchev–Trinajstić information content (AvgIpc) is 2.66. The largest absolute Gasteiger partial charge is 0.493 e. The molecule has 0 aromatic heterocycles. The molecule has 0 saturated carbocycles. The highest BCUT2D eigenvalue weighted by Crippen LogP contribution is 2.13. The quantitative estimate of drug-likeness (QED) is 0.507. The van der Waals surface area contributed by atoms with Gasteiger partial charge in [0.1, 0.15) is 5.75 Å². The number of hydrogen-bond donors (Lipinski definition) is 3. The zero-order valence-corrected chi connectivity index (χ0v) is 15.4. The minimum Gasteiger partial charge on any atom is -0.493 e. The third-order valence-electron chi connectivity index (χ3n) is 4.15. The molecular weight excluding hydrogens is 328 g/mol. The Kier molecular flexibility index (Phi) is 9.14. The highest BCUT2D eigenvalue weighted by Gasteiger charge is 2.14. The van der Waals surface area contributed by atoms with Gasteiger partial charge in [-0.15, -0.1) is 0 Å². The van der Waals surface area contributed by atoms with Gasteiger partial charge in [-0.2, -0.15) is 0 Å². The molecule has 0 spiro atoms. The molecule has 2 atom stereocenters. The van der Waals surface area contributed by atoms with Gasteiger partial charge in [0.15, 0.2) is 0 Å². The molecule has 5 nitrogen and oxygen atoms in total. The summed E-state index contributed by atoms with van der Waals surface area (Å²) in [5, 5.41) is 13.5. The van der Waals surface area contributed by atoms with E-state index in [4.69, 9.17) is 15.2 Å². The zero-order valence-electron chi connectivity index (χ0n) is 15.4. The predicted molar refractivity (Wildman–Crippen MR) is 104 cm³/mol. The van der Waals surface area contributed by atoms with E-state index in [9.17, 15) is 5.11 Å². The Bertz CT molecular complexity index is 622. The van der Waals surface area contributed by atoms with Gasteiger partial charge in [0, 0.05) is 39.3 Å². The third kappa shape index (κ3) is 7.54. The van der Waals surface area contributed by atoms with Crippen LogP contribution in [0.25, 0.3) is 0 Å². The van der Waals surface area contributed by atoms with E-state index >= 15 is 0 Å². The summed E-state index contributed by atoms with van der Waals surface area (Å²) in [6.45, 7) is 2.44. The van der Waals surface area contributed by atoms with Crippen LogP contribution in [0.3, 0.4) is 0 Å². The molecule has 4 N–H and O–H groups in total.